The van der Waals surface area contributed by atoms with Gasteiger partial charge in [0.05, 0.1) is 19.3 Å². The zero-order valence-electron chi connectivity index (χ0n) is 18.0. The molecule has 4 rings (SSSR count). The first-order valence-corrected chi connectivity index (χ1v) is 10.4. The summed E-state index contributed by atoms with van der Waals surface area (Å²) in [5.74, 6) is 0.408. The molecule has 1 saturated heterocycles. The highest BCUT2D eigenvalue weighted by atomic mass is 16.5. The Hall–Kier alpha value is -3.35. The maximum absolute atomic E-state index is 13.2. The monoisotopic (exact) mass is 422 g/mol. The Morgan fingerprint density at radius 1 is 1.06 bits per heavy atom. The van der Waals surface area contributed by atoms with E-state index in [1.165, 1.54) is 12.0 Å². The minimum absolute atomic E-state index is 0.0725. The largest absolute Gasteiger partial charge is 0.497 e. The molecule has 1 fully saturated rings. The Balaban J connectivity index is 1.68. The number of nitrogens with zero attached hydrogens (tertiary/aromatic N) is 2. The van der Waals surface area contributed by atoms with E-state index in [9.17, 15) is 14.4 Å². The molecule has 2 aromatic carbocycles. The Labute approximate surface area is 181 Å². The molecule has 7 heteroatoms. The van der Waals surface area contributed by atoms with E-state index in [1.54, 1.807) is 56.3 Å². The number of rotatable bonds is 5. The molecular formula is C24H26N2O5. The molecule has 0 bridgehead atoms. The van der Waals surface area contributed by atoms with Crippen LogP contribution in [0.1, 0.15) is 47.4 Å². The van der Waals surface area contributed by atoms with E-state index < -0.39 is 5.60 Å². The number of carbonyl (C=O) groups is 3. The number of Topliss-reactive ketones (excluding diaryl/α,β-unsaturated/α-hetero) is 1. The van der Waals surface area contributed by atoms with Gasteiger partial charge in [0.2, 0.25) is 0 Å². The number of benzene rings is 2. The standard InChI is InChI=1S/C24H26N2O5/c1-24(2)23(29)26(15-20(27)16-7-6-8-18(13-16)30-3)19-14-17(9-10-21(19)31-24)22(28)25-11-4-5-12-25/h6-10,13-14H,4-5,11-12,15H2,1-3H3. The highest BCUT2D eigenvalue weighted by molar-refractivity contribution is 6.10. The van der Waals surface area contributed by atoms with Gasteiger partial charge in [-0.1, -0.05) is 12.1 Å². The fourth-order valence-corrected chi connectivity index (χ4v) is 3.99. The summed E-state index contributed by atoms with van der Waals surface area (Å²) in [6.45, 7) is 4.65. The summed E-state index contributed by atoms with van der Waals surface area (Å²) in [4.78, 5) is 42.3. The minimum Gasteiger partial charge on any atom is -0.497 e. The van der Waals surface area contributed by atoms with E-state index in [4.69, 9.17) is 9.47 Å². The molecule has 162 valence electrons. The molecule has 2 heterocycles. The maximum Gasteiger partial charge on any atom is 0.271 e. The van der Waals surface area contributed by atoms with Gasteiger partial charge in [-0.3, -0.25) is 19.3 Å². The predicted octanol–water partition coefficient (Wildman–Crippen LogP) is 3.32. The van der Waals surface area contributed by atoms with Crippen LogP contribution in [0.15, 0.2) is 42.5 Å². The normalized spacial score (nSPS) is 17.2. The molecule has 0 aromatic heterocycles. The van der Waals surface area contributed by atoms with Crippen molar-refractivity contribution in [3.05, 3.63) is 53.6 Å². The van der Waals surface area contributed by atoms with Crippen molar-refractivity contribution in [2.24, 2.45) is 0 Å². The number of amides is 2. The zero-order valence-corrected chi connectivity index (χ0v) is 18.0. The zero-order chi connectivity index (χ0) is 22.2. The lowest BCUT2D eigenvalue weighted by atomic mass is 10.0. The lowest BCUT2D eigenvalue weighted by Gasteiger charge is -2.38. The molecule has 0 atom stereocenters. The van der Waals surface area contributed by atoms with Crippen LogP contribution in [0.4, 0.5) is 5.69 Å². The van der Waals surface area contributed by atoms with E-state index in [-0.39, 0.29) is 24.1 Å². The van der Waals surface area contributed by atoms with Crippen molar-refractivity contribution in [2.45, 2.75) is 32.3 Å². The summed E-state index contributed by atoms with van der Waals surface area (Å²) in [6, 6.07) is 11.9. The van der Waals surface area contributed by atoms with Crippen LogP contribution in [0.2, 0.25) is 0 Å². The fourth-order valence-electron chi connectivity index (χ4n) is 3.99. The molecule has 0 unspecified atom stereocenters. The van der Waals surface area contributed by atoms with Gasteiger partial charge in [-0.15, -0.1) is 0 Å². The number of anilines is 1. The van der Waals surface area contributed by atoms with Crippen LogP contribution in [-0.2, 0) is 4.79 Å². The minimum atomic E-state index is -1.12. The van der Waals surface area contributed by atoms with Crippen molar-refractivity contribution in [3.63, 3.8) is 0 Å². The van der Waals surface area contributed by atoms with Gasteiger partial charge in [-0.2, -0.15) is 0 Å². The van der Waals surface area contributed by atoms with Gasteiger partial charge in [0, 0.05) is 24.2 Å². The van der Waals surface area contributed by atoms with Gasteiger partial charge in [0.1, 0.15) is 11.5 Å². The van der Waals surface area contributed by atoms with Crippen LogP contribution in [-0.4, -0.2) is 54.8 Å². The molecule has 2 aliphatic rings. The first kappa shape index (κ1) is 20.9. The summed E-state index contributed by atoms with van der Waals surface area (Å²) in [5.41, 5.74) is 0.241. The average Bonchev–Trinajstić information content (AvgIpc) is 3.31. The third-order valence-electron chi connectivity index (χ3n) is 5.71. The molecule has 0 radical (unpaired) electrons. The van der Waals surface area contributed by atoms with E-state index in [2.05, 4.69) is 0 Å². The summed E-state index contributed by atoms with van der Waals surface area (Å²) in [7, 11) is 1.53. The number of ketones is 1. The number of likely N-dealkylation sites (tertiary alicyclic amines) is 1. The lowest BCUT2D eigenvalue weighted by Crippen LogP contribution is -2.54. The van der Waals surface area contributed by atoms with Gasteiger partial charge < -0.3 is 14.4 Å². The Bertz CT molecular complexity index is 1040. The van der Waals surface area contributed by atoms with Gasteiger partial charge in [-0.25, -0.2) is 0 Å². The quantitative estimate of drug-likeness (QED) is 0.691. The molecule has 7 nitrogen and oxygen atoms in total. The maximum atomic E-state index is 13.2. The van der Waals surface area contributed by atoms with Crippen LogP contribution >= 0.6 is 0 Å². The highest BCUT2D eigenvalue weighted by Gasteiger charge is 2.42. The van der Waals surface area contributed by atoms with Gasteiger partial charge in [-0.05, 0) is 57.0 Å². The summed E-state index contributed by atoms with van der Waals surface area (Å²) >= 11 is 0. The smallest absolute Gasteiger partial charge is 0.271 e. The van der Waals surface area contributed by atoms with E-state index in [0.717, 1.165) is 25.9 Å². The number of fused-ring (bicyclic) bond motifs is 1. The van der Waals surface area contributed by atoms with E-state index in [0.29, 0.717) is 28.3 Å². The molecule has 0 saturated carbocycles. The lowest BCUT2D eigenvalue weighted by molar-refractivity contribution is -0.132. The first-order valence-electron chi connectivity index (χ1n) is 10.4. The van der Waals surface area contributed by atoms with Crippen molar-refractivity contribution in [1.82, 2.24) is 4.90 Å². The molecule has 2 aromatic rings. The second-order valence-corrected chi connectivity index (χ2v) is 8.34. The molecule has 31 heavy (non-hydrogen) atoms. The summed E-state index contributed by atoms with van der Waals surface area (Å²) in [5, 5.41) is 0. The van der Waals surface area contributed by atoms with Crippen LogP contribution in [0.25, 0.3) is 0 Å². The fraction of sp³-hybridized carbons (Fsp3) is 0.375. The topological polar surface area (TPSA) is 76.1 Å². The Morgan fingerprint density at radius 3 is 2.52 bits per heavy atom. The van der Waals surface area contributed by atoms with Crippen molar-refractivity contribution >= 4 is 23.3 Å². The molecule has 0 spiro atoms. The number of hydrogen-bond acceptors (Lipinski definition) is 5. The van der Waals surface area contributed by atoms with Crippen molar-refractivity contribution in [3.8, 4) is 11.5 Å². The third-order valence-corrected chi connectivity index (χ3v) is 5.71. The molecular weight excluding hydrogens is 396 g/mol. The Morgan fingerprint density at radius 2 is 1.81 bits per heavy atom. The summed E-state index contributed by atoms with van der Waals surface area (Å²) in [6.07, 6.45) is 1.99. The number of carbonyl (C=O) groups excluding carboxylic acids is 3. The van der Waals surface area contributed by atoms with E-state index >= 15 is 0 Å². The van der Waals surface area contributed by atoms with Crippen molar-refractivity contribution < 1.29 is 23.9 Å². The van der Waals surface area contributed by atoms with Crippen LogP contribution < -0.4 is 14.4 Å². The number of ether oxygens (including phenoxy) is 2. The summed E-state index contributed by atoms with van der Waals surface area (Å²) < 4.78 is 11.1. The van der Waals surface area contributed by atoms with E-state index in [1.807, 2.05) is 4.90 Å². The number of methoxy groups -OCH3 is 1. The molecule has 0 aliphatic carbocycles. The van der Waals surface area contributed by atoms with Crippen LogP contribution in [0.3, 0.4) is 0 Å². The second kappa shape index (κ2) is 8.06. The third kappa shape index (κ3) is 4.00. The highest BCUT2D eigenvalue weighted by Crippen LogP contribution is 2.39. The first-order chi connectivity index (χ1) is 14.8. The van der Waals surface area contributed by atoms with Gasteiger partial charge in [0.15, 0.2) is 11.4 Å². The van der Waals surface area contributed by atoms with Gasteiger partial charge in [0.25, 0.3) is 11.8 Å². The molecule has 0 N–H and O–H groups in total. The predicted molar refractivity (Wildman–Crippen MR) is 116 cm³/mol. The second-order valence-electron chi connectivity index (χ2n) is 8.34. The van der Waals surface area contributed by atoms with Gasteiger partial charge >= 0.3 is 0 Å². The average molecular weight is 422 g/mol. The molecule has 2 amide bonds. The molecule has 2 aliphatic heterocycles. The van der Waals surface area contributed by atoms with Crippen molar-refractivity contribution in [1.29, 1.82) is 0 Å². The Kier molecular flexibility index (Phi) is 5.43. The van der Waals surface area contributed by atoms with Crippen LogP contribution in [0.5, 0.6) is 11.5 Å². The van der Waals surface area contributed by atoms with Crippen LogP contribution in [0, 0.1) is 0 Å². The SMILES string of the molecule is COc1cccc(C(=O)CN2C(=O)C(C)(C)Oc3ccc(C(=O)N4CCCC4)cc32)c1. The van der Waals surface area contributed by atoms with Crippen molar-refractivity contribution in [2.75, 3.05) is 31.6 Å². The number of hydrogen-bond donors (Lipinski definition) is 0.